The molecule has 2 aromatic heterocycles. The maximum absolute atomic E-state index is 5.56. The highest BCUT2D eigenvalue weighted by Crippen LogP contribution is 2.07. The van der Waals surface area contributed by atoms with Crippen molar-refractivity contribution in [3.8, 4) is 0 Å². The molecule has 0 aliphatic rings. The number of pyridine rings is 1. The molecule has 0 bridgehead atoms. The molecule has 0 aromatic carbocycles. The van der Waals surface area contributed by atoms with Crippen molar-refractivity contribution < 1.29 is 0 Å². The maximum atomic E-state index is 5.56. The zero-order chi connectivity index (χ0) is 10.7. The van der Waals surface area contributed by atoms with Gasteiger partial charge < -0.3 is 11.1 Å². The van der Waals surface area contributed by atoms with Crippen molar-refractivity contribution in [2.24, 2.45) is 7.05 Å². The van der Waals surface area contributed by atoms with E-state index in [0.29, 0.717) is 12.4 Å². The summed E-state index contributed by atoms with van der Waals surface area (Å²) in [5, 5.41) is 7.39. The molecule has 0 aliphatic heterocycles. The number of aryl methyl sites for hydroxylation is 1. The summed E-state index contributed by atoms with van der Waals surface area (Å²) in [6.45, 7) is 0.650. The van der Waals surface area contributed by atoms with Gasteiger partial charge in [0.25, 0.3) is 0 Å². The van der Waals surface area contributed by atoms with Crippen molar-refractivity contribution in [2.75, 3.05) is 11.1 Å². The van der Waals surface area contributed by atoms with Gasteiger partial charge in [-0.2, -0.15) is 5.10 Å². The van der Waals surface area contributed by atoms with E-state index in [1.54, 1.807) is 10.7 Å². The van der Waals surface area contributed by atoms with Crippen LogP contribution in [0.5, 0.6) is 0 Å². The number of nitrogens with one attached hydrogen (secondary N) is 1. The minimum Gasteiger partial charge on any atom is -0.384 e. The lowest BCUT2D eigenvalue weighted by molar-refractivity contribution is 0.747. The van der Waals surface area contributed by atoms with E-state index >= 15 is 0 Å². The Kier molecular flexibility index (Phi) is 2.53. The normalized spacial score (nSPS) is 10.2. The predicted molar refractivity (Wildman–Crippen MR) is 59.2 cm³/mol. The van der Waals surface area contributed by atoms with E-state index in [-0.39, 0.29) is 0 Å². The SMILES string of the molecule is Cn1ccc(CNc2cccc(N)n2)n1. The molecule has 2 heterocycles. The first-order chi connectivity index (χ1) is 7.24. The van der Waals surface area contributed by atoms with Crippen LogP contribution in [0.2, 0.25) is 0 Å². The van der Waals surface area contributed by atoms with Crippen LogP contribution in [-0.2, 0) is 13.6 Å². The van der Waals surface area contributed by atoms with Gasteiger partial charge in [-0.3, -0.25) is 4.68 Å². The zero-order valence-electron chi connectivity index (χ0n) is 8.51. The quantitative estimate of drug-likeness (QED) is 0.781. The van der Waals surface area contributed by atoms with E-state index in [4.69, 9.17) is 5.73 Å². The second-order valence-electron chi connectivity index (χ2n) is 3.28. The minimum absolute atomic E-state index is 0.515. The van der Waals surface area contributed by atoms with Crippen LogP contribution in [0.15, 0.2) is 30.5 Å². The van der Waals surface area contributed by atoms with Crippen molar-refractivity contribution in [2.45, 2.75) is 6.54 Å². The lowest BCUT2D eigenvalue weighted by atomic mass is 10.4. The Bertz CT molecular complexity index is 449. The lowest BCUT2D eigenvalue weighted by Crippen LogP contribution is -2.03. The Labute approximate surface area is 87.9 Å². The molecule has 0 spiro atoms. The van der Waals surface area contributed by atoms with Gasteiger partial charge in [-0.1, -0.05) is 6.07 Å². The molecular weight excluding hydrogens is 190 g/mol. The molecule has 0 fully saturated rings. The van der Waals surface area contributed by atoms with Gasteiger partial charge in [0.15, 0.2) is 0 Å². The summed E-state index contributed by atoms with van der Waals surface area (Å²) in [6.07, 6.45) is 1.91. The van der Waals surface area contributed by atoms with E-state index in [0.717, 1.165) is 11.5 Å². The molecule has 0 unspecified atom stereocenters. The number of aromatic nitrogens is 3. The van der Waals surface area contributed by atoms with Crippen molar-refractivity contribution >= 4 is 11.6 Å². The summed E-state index contributed by atoms with van der Waals surface area (Å²) in [7, 11) is 1.89. The van der Waals surface area contributed by atoms with Gasteiger partial charge in [-0.15, -0.1) is 0 Å². The summed E-state index contributed by atoms with van der Waals surface area (Å²) >= 11 is 0. The highest BCUT2D eigenvalue weighted by molar-refractivity contribution is 5.42. The Balaban J connectivity index is 1.99. The van der Waals surface area contributed by atoms with Gasteiger partial charge in [0.1, 0.15) is 11.6 Å². The van der Waals surface area contributed by atoms with Crippen LogP contribution in [0.4, 0.5) is 11.6 Å². The predicted octanol–water partition coefficient (Wildman–Crippen LogP) is 1.01. The van der Waals surface area contributed by atoms with Crippen LogP contribution in [0, 0.1) is 0 Å². The molecular formula is C10H13N5. The van der Waals surface area contributed by atoms with Crippen molar-refractivity contribution in [1.29, 1.82) is 0 Å². The van der Waals surface area contributed by atoms with Crippen LogP contribution < -0.4 is 11.1 Å². The monoisotopic (exact) mass is 203 g/mol. The minimum atomic E-state index is 0.515. The lowest BCUT2D eigenvalue weighted by Gasteiger charge is -2.03. The summed E-state index contributed by atoms with van der Waals surface area (Å²) < 4.78 is 1.77. The first-order valence-corrected chi connectivity index (χ1v) is 4.69. The molecule has 2 aromatic rings. The van der Waals surface area contributed by atoms with Crippen LogP contribution in [0.3, 0.4) is 0 Å². The van der Waals surface area contributed by atoms with Gasteiger partial charge in [0.05, 0.1) is 12.2 Å². The first-order valence-electron chi connectivity index (χ1n) is 4.69. The van der Waals surface area contributed by atoms with E-state index in [1.807, 2.05) is 31.4 Å². The van der Waals surface area contributed by atoms with Gasteiger partial charge in [0, 0.05) is 13.2 Å². The maximum Gasteiger partial charge on any atom is 0.128 e. The first kappa shape index (κ1) is 9.51. The van der Waals surface area contributed by atoms with Crippen LogP contribution in [0.25, 0.3) is 0 Å². The zero-order valence-corrected chi connectivity index (χ0v) is 8.51. The number of nitrogens with zero attached hydrogens (tertiary/aromatic N) is 3. The van der Waals surface area contributed by atoms with Crippen LogP contribution in [0.1, 0.15) is 5.69 Å². The van der Waals surface area contributed by atoms with E-state index in [9.17, 15) is 0 Å². The number of nitrogen functional groups attached to an aromatic ring is 1. The van der Waals surface area contributed by atoms with Crippen LogP contribution >= 0.6 is 0 Å². The second kappa shape index (κ2) is 4.00. The fourth-order valence-electron chi connectivity index (χ4n) is 1.29. The molecule has 3 N–H and O–H groups in total. The van der Waals surface area contributed by atoms with Crippen molar-refractivity contribution in [3.63, 3.8) is 0 Å². The summed E-state index contributed by atoms with van der Waals surface area (Å²) in [5.41, 5.74) is 6.53. The molecule has 0 saturated carbocycles. The van der Waals surface area contributed by atoms with E-state index in [2.05, 4.69) is 15.4 Å². The topological polar surface area (TPSA) is 68.8 Å². The van der Waals surface area contributed by atoms with Gasteiger partial charge in [0.2, 0.25) is 0 Å². The Morgan fingerprint density at radius 2 is 2.27 bits per heavy atom. The Morgan fingerprint density at radius 3 is 2.93 bits per heavy atom. The smallest absolute Gasteiger partial charge is 0.128 e. The molecule has 0 saturated heterocycles. The second-order valence-corrected chi connectivity index (χ2v) is 3.28. The molecule has 0 radical (unpaired) electrons. The summed E-state index contributed by atoms with van der Waals surface area (Å²) in [4.78, 5) is 4.13. The van der Waals surface area contributed by atoms with Crippen LogP contribution in [-0.4, -0.2) is 14.8 Å². The average molecular weight is 203 g/mol. The molecule has 78 valence electrons. The van der Waals surface area contributed by atoms with Gasteiger partial charge in [-0.25, -0.2) is 4.98 Å². The number of anilines is 2. The average Bonchev–Trinajstić information content (AvgIpc) is 2.62. The molecule has 0 aliphatic carbocycles. The number of hydrogen-bond acceptors (Lipinski definition) is 4. The molecule has 2 rings (SSSR count). The third-order valence-electron chi connectivity index (χ3n) is 1.99. The molecule has 5 heteroatoms. The van der Waals surface area contributed by atoms with Gasteiger partial charge in [-0.05, 0) is 18.2 Å². The van der Waals surface area contributed by atoms with E-state index < -0.39 is 0 Å². The fraction of sp³-hybridized carbons (Fsp3) is 0.200. The Morgan fingerprint density at radius 1 is 1.40 bits per heavy atom. The fourth-order valence-corrected chi connectivity index (χ4v) is 1.29. The summed E-state index contributed by atoms with van der Waals surface area (Å²) in [5.74, 6) is 1.28. The molecule has 15 heavy (non-hydrogen) atoms. The largest absolute Gasteiger partial charge is 0.384 e. The van der Waals surface area contributed by atoms with Gasteiger partial charge >= 0.3 is 0 Å². The number of rotatable bonds is 3. The third kappa shape index (κ3) is 2.46. The van der Waals surface area contributed by atoms with E-state index in [1.165, 1.54) is 0 Å². The Hall–Kier alpha value is -2.04. The number of nitrogens with two attached hydrogens (primary N) is 1. The number of hydrogen-bond donors (Lipinski definition) is 2. The standard InChI is InChI=1S/C10H13N5/c1-15-6-5-8(14-15)7-12-10-4-2-3-9(11)13-10/h2-6H,7H2,1H3,(H3,11,12,13). The summed E-state index contributed by atoms with van der Waals surface area (Å²) in [6, 6.07) is 7.45. The molecule has 5 nitrogen and oxygen atoms in total. The van der Waals surface area contributed by atoms with Crippen molar-refractivity contribution in [1.82, 2.24) is 14.8 Å². The third-order valence-corrected chi connectivity index (χ3v) is 1.99. The highest BCUT2D eigenvalue weighted by Gasteiger charge is 1.97. The highest BCUT2D eigenvalue weighted by atomic mass is 15.3. The molecule has 0 atom stereocenters. The molecule has 0 amide bonds. The van der Waals surface area contributed by atoms with Crippen molar-refractivity contribution in [3.05, 3.63) is 36.2 Å².